The number of unbranched alkanes of at least 4 members (excludes halogenated alkanes) is 8. The Morgan fingerprint density at radius 2 is 1.37 bits per heavy atom. The maximum Gasteiger partial charge on any atom is 0.416 e. The molecule has 2 aromatic rings. The quantitative estimate of drug-likeness (QED) is 0.288. The Kier molecular flexibility index (Phi) is 10.3. The molecule has 1 N–H and O–H groups in total. The van der Waals surface area contributed by atoms with Crippen molar-refractivity contribution in [3.05, 3.63) is 65.2 Å². The molecular weight excluding hydrogens is 383 g/mol. The van der Waals surface area contributed by atoms with E-state index in [0.717, 1.165) is 36.1 Å². The summed E-state index contributed by atoms with van der Waals surface area (Å²) in [6.45, 7) is 2.80. The monoisotopic (exact) mass is 415 g/mol. The van der Waals surface area contributed by atoms with Gasteiger partial charge in [0.1, 0.15) is 0 Å². The van der Waals surface area contributed by atoms with Crippen LogP contribution in [0.15, 0.2) is 48.5 Å². The van der Waals surface area contributed by atoms with Gasteiger partial charge in [-0.2, -0.15) is 13.2 Å². The molecule has 0 amide bonds. The van der Waals surface area contributed by atoms with Crippen molar-refractivity contribution in [3.8, 4) is 11.8 Å². The van der Waals surface area contributed by atoms with Gasteiger partial charge in [0.2, 0.25) is 0 Å². The normalized spacial score (nSPS) is 11.1. The Hall–Kier alpha value is -2.41. The highest BCUT2D eigenvalue weighted by Crippen LogP contribution is 2.29. The van der Waals surface area contributed by atoms with Gasteiger partial charge < -0.3 is 5.32 Å². The molecule has 0 saturated heterocycles. The summed E-state index contributed by atoms with van der Waals surface area (Å²) in [5.41, 5.74) is 2.08. The van der Waals surface area contributed by atoms with Crippen molar-refractivity contribution < 1.29 is 13.2 Å². The van der Waals surface area contributed by atoms with Gasteiger partial charge in [0, 0.05) is 24.2 Å². The van der Waals surface area contributed by atoms with Crippen LogP contribution in [0, 0.1) is 11.8 Å². The number of hydrogen-bond acceptors (Lipinski definition) is 1. The van der Waals surface area contributed by atoms with Gasteiger partial charge >= 0.3 is 6.18 Å². The van der Waals surface area contributed by atoms with Crippen LogP contribution in [0.1, 0.15) is 81.4 Å². The van der Waals surface area contributed by atoms with Crippen LogP contribution in [0.5, 0.6) is 0 Å². The fourth-order valence-electron chi connectivity index (χ4n) is 3.20. The Balaban J connectivity index is 1.66. The van der Waals surface area contributed by atoms with Crippen LogP contribution in [0.25, 0.3) is 0 Å². The summed E-state index contributed by atoms with van der Waals surface area (Å²) in [5, 5.41) is 3.14. The van der Waals surface area contributed by atoms with Gasteiger partial charge in [0.05, 0.1) is 5.56 Å². The molecule has 4 heteroatoms. The standard InChI is InChI=1S/C26H32F3N/c1-2-3-4-5-6-7-8-9-10-11-12-22-13-15-23(16-14-22)21-30-25-19-17-24(18-20-25)26(27,28)29/h13-20,30H,2-10,21H2,1H3. The van der Waals surface area contributed by atoms with Crippen LogP contribution in [-0.2, 0) is 12.7 Å². The second kappa shape index (κ2) is 13.0. The lowest BCUT2D eigenvalue weighted by Gasteiger charge is -2.09. The first kappa shape index (κ1) is 23.9. The van der Waals surface area contributed by atoms with E-state index >= 15 is 0 Å². The molecule has 0 aromatic heterocycles. The first-order valence-corrected chi connectivity index (χ1v) is 11.0. The largest absolute Gasteiger partial charge is 0.416 e. The molecule has 0 radical (unpaired) electrons. The van der Waals surface area contributed by atoms with Crippen molar-refractivity contribution in [1.29, 1.82) is 0 Å². The lowest BCUT2D eigenvalue weighted by atomic mass is 10.1. The number of alkyl halides is 3. The van der Waals surface area contributed by atoms with Gasteiger partial charge in [-0.3, -0.25) is 0 Å². The Labute approximate surface area is 179 Å². The van der Waals surface area contributed by atoms with Crippen molar-refractivity contribution in [2.24, 2.45) is 0 Å². The van der Waals surface area contributed by atoms with E-state index in [1.54, 1.807) is 0 Å². The van der Waals surface area contributed by atoms with Gasteiger partial charge in [0.25, 0.3) is 0 Å². The third-order valence-corrected chi connectivity index (χ3v) is 5.05. The van der Waals surface area contributed by atoms with Gasteiger partial charge in [-0.25, -0.2) is 0 Å². The van der Waals surface area contributed by atoms with E-state index in [0.29, 0.717) is 12.2 Å². The van der Waals surface area contributed by atoms with Gasteiger partial charge in [-0.15, -0.1) is 0 Å². The summed E-state index contributed by atoms with van der Waals surface area (Å²) in [5.74, 6) is 6.46. The van der Waals surface area contributed by atoms with Crippen molar-refractivity contribution in [1.82, 2.24) is 0 Å². The molecule has 0 atom stereocenters. The lowest BCUT2D eigenvalue weighted by Crippen LogP contribution is -2.05. The van der Waals surface area contributed by atoms with Crippen molar-refractivity contribution in [2.45, 2.75) is 77.4 Å². The third-order valence-electron chi connectivity index (χ3n) is 5.05. The summed E-state index contributed by atoms with van der Waals surface area (Å²) >= 11 is 0. The summed E-state index contributed by atoms with van der Waals surface area (Å²) in [4.78, 5) is 0. The van der Waals surface area contributed by atoms with Crippen molar-refractivity contribution in [3.63, 3.8) is 0 Å². The first-order valence-electron chi connectivity index (χ1n) is 11.0. The van der Waals surface area contributed by atoms with E-state index < -0.39 is 11.7 Å². The molecule has 0 aliphatic rings. The number of anilines is 1. The molecule has 30 heavy (non-hydrogen) atoms. The highest BCUT2D eigenvalue weighted by molar-refractivity contribution is 5.46. The molecule has 2 rings (SSSR count). The zero-order valence-corrected chi connectivity index (χ0v) is 17.8. The molecule has 0 aliphatic carbocycles. The first-order chi connectivity index (χ1) is 14.5. The zero-order chi connectivity index (χ0) is 21.7. The van der Waals surface area contributed by atoms with Crippen LogP contribution in [0.2, 0.25) is 0 Å². The van der Waals surface area contributed by atoms with Gasteiger partial charge in [-0.05, 0) is 48.4 Å². The SMILES string of the molecule is CCCCCCCCCCC#Cc1ccc(CNc2ccc(C(F)(F)F)cc2)cc1. The molecule has 0 heterocycles. The van der Waals surface area contributed by atoms with Crippen LogP contribution in [0.3, 0.4) is 0 Å². The van der Waals surface area contributed by atoms with E-state index in [2.05, 4.69) is 24.1 Å². The minimum absolute atomic E-state index is 0.553. The minimum atomic E-state index is -4.30. The number of nitrogens with one attached hydrogen (secondary N) is 1. The highest BCUT2D eigenvalue weighted by Gasteiger charge is 2.29. The second-order valence-electron chi connectivity index (χ2n) is 7.65. The number of benzene rings is 2. The summed E-state index contributed by atoms with van der Waals surface area (Å²) in [7, 11) is 0. The Bertz CT molecular complexity index is 780. The van der Waals surface area contributed by atoms with Gasteiger partial charge in [-0.1, -0.05) is 75.8 Å². The molecule has 0 fully saturated rings. The fourth-order valence-corrected chi connectivity index (χ4v) is 3.20. The van der Waals surface area contributed by atoms with Crippen molar-refractivity contribution >= 4 is 5.69 Å². The second-order valence-corrected chi connectivity index (χ2v) is 7.65. The average Bonchev–Trinajstić information content (AvgIpc) is 2.74. The third kappa shape index (κ3) is 9.39. The molecule has 0 spiro atoms. The van der Waals surface area contributed by atoms with E-state index in [4.69, 9.17) is 0 Å². The number of rotatable bonds is 11. The molecule has 1 nitrogen and oxygen atoms in total. The molecule has 2 aromatic carbocycles. The van der Waals surface area contributed by atoms with Crippen LogP contribution in [0.4, 0.5) is 18.9 Å². The topological polar surface area (TPSA) is 12.0 Å². The van der Waals surface area contributed by atoms with Crippen LogP contribution < -0.4 is 5.32 Å². The van der Waals surface area contributed by atoms with Gasteiger partial charge in [0.15, 0.2) is 0 Å². The van der Waals surface area contributed by atoms with E-state index in [1.165, 1.54) is 57.1 Å². The molecular formula is C26H32F3N. The zero-order valence-electron chi connectivity index (χ0n) is 17.8. The molecule has 0 unspecified atom stereocenters. The molecule has 0 bridgehead atoms. The summed E-state index contributed by atoms with van der Waals surface area (Å²) < 4.78 is 37.8. The van der Waals surface area contributed by atoms with E-state index in [-0.39, 0.29) is 0 Å². The predicted octanol–water partition coefficient (Wildman–Crippen LogP) is 8.20. The maximum absolute atomic E-state index is 12.6. The van der Waals surface area contributed by atoms with Crippen molar-refractivity contribution in [2.75, 3.05) is 5.32 Å². The summed E-state index contributed by atoms with van der Waals surface area (Å²) in [6.07, 6.45) is 7.09. The smallest absolute Gasteiger partial charge is 0.381 e. The average molecular weight is 416 g/mol. The molecule has 162 valence electrons. The van der Waals surface area contributed by atoms with E-state index in [1.807, 2.05) is 24.3 Å². The maximum atomic E-state index is 12.6. The number of halogens is 3. The van der Waals surface area contributed by atoms with Crippen LogP contribution >= 0.6 is 0 Å². The molecule has 0 saturated carbocycles. The highest BCUT2D eigenvalue weighted by atomic mass is 19.4. The molecule has 0 aliphatic heterocycles. The lowest BCUT2D eigenvalue weighted by molar-refractivity contribution is -0.137. The Morgan fingerprint density at radius 1 is 0.767 bits per heavy atom. The number of hydrogen-bond donors (Lipinski definition) is 1. The Morgan fingerprint density at radius 3 is 1.97 bits per heavy atom. The van der Waals surface area contributed by atoms with E-state index in [9.17, 15) is 13.2 Å². The summed E-state index contributed by atoms with van der Waals surface area (Å²) in [6, 6.07) is 13.1. The predicted molar refractivity (Wildman–Crippen MR) is 119 cm³/mol. The fraction of sp³-hybridized carbons (Fsp3) is 0.462. The minimum Gasteiger partial charge on any atom is -0.381 e. The van der Waals surface area contributed by atoms with Crippen LogP contribution in [-0.4, -0.2) is 0 Å².